The van der Waals surface area contributed by atoms with Crippen LogP contribution < -0.4 is 5.32 Å². The maximum absolute atomic E-state index is 12.7. The lowest BCUT2D eigenvalue weighted by atomic mass is 10.0. The van der Waals surface area contributed by atoms with Crippen molar-refractivity contribution < 1.29 is 22.7 Å². The number of ether oxygens (including phenoxy) is 1. The van der Waals surface area contributed by atoms with E-state index in [1.807, 2.05) is 13.8 Å². The number of hydrogen-bond acceptors (Lipinski definition) is 3. The first-order valence-electron chi connectivity index (χ1n) is 6.36. The summed E-state index contributed by atoms with van der Waals surface area (Å²) in [7, 11) is 0. The van der Waals surface area contributed by atoms with Gasteiger partial charge in [0.05, 0.1) is 17.7 Å². The van der Waals surface area contributed by atoms with E-state index in [0.717, 1.165) is 12.1 Å². The summed E-state index contributed by atoms with van der Waals surface area (Å²) < 4.78 is 42.9. The van der Waals surface area contributed by atoms with E-state index in [-0.39, 0.29) is 18.2 Å². The van der Waals surface area contributed by atoms with Crippen LogP contribution in [-0.2, 0) is 17.5 Å². The number of carbonyl (C=O) groups is 1. The molecule has 3 nitrogen and oxygen atoms in total. The van der Waals surface area contributed by atoms with E-state index in [1.165, 1.54) is 6.07 Å². The molecule has 0 saturated carbocycles. The number of benzene rings is 1. The van der Waals surface area contributed by atoms with Gasteiger partial charge in [-0.3, -0.25) is 0 Å². The Kier molecular flexibility index (Phi) is 5.56. The maximum Gasteiger partial charge on any atom is 0.416 e. The zero-order chi connectivity index (χ0) is 15.3. The van der Waals surface area contributed by atoms with E-state index >= 15 is 0 Å². The molecule has 0 aliphatic carbocycles. The molecule has 0 heterocycles. The van der Waals surface area contributed by atoms with Gasteiger partial charge in [-0.1, -0.05) is 19.9 Å². The van der Waals surface area contributed by atoms with Gasteiger partial charge in [0, 0.05) is 12.6 Å². The lowest BCUT2D eigenvalue weighted by molar-refractivity contribution is -0.137. The molecule has 6 heteroatoms. The number of hydrogen-bond donors (Lipinski definition) is 1. The monoisotopic (exact) mass is 289 g/mol. The minimum atomic E-state index is -4.48. The fourth-order valence-corrected chi connectivity index (χ4v) is 1.62. The average Bonchev–Trinajstić information content (AvgIpc) is 2.35. The van der Waals surface area contributed by atoms with Crippen LogP contribution in [-0.4, -0.2) is 18.6 Å². The number of rotatable bonds is 5. The third-order valence-electron chi connectivity index (χ3n) is 2.63. The summed E-state index contributed by atoms with van der Waals surface area (Å²) in [5.41, 5.74) is -0.408. The standard InChI is InChI=1S/C14H18F3NO2/c1-4-20-13(19)12-7-11(14(15,16)17)6-5-10(12)8-18-9(2)3/h5-7,9,18H,4,8H2,1-3H3. The van der Waals surface area contributed by atoms with Crippen molar-refractivity contribution in [2.75, 3.05) is 6.61 Å². The van der Waals surface area contributed by atoms with Gasteiger partial charge < -0.3 is 10.1 Å². The summed E-state index contributed by atoms with van der Waals surface area (Å²) in [5.74, 6) is -0.737. The number of esters is 1. The van der Waals surface area contributed by atoms with Crippen LogP contribution >= 0.6 is 0 Å². The second kappa shape index (κ2) is 6.74. The van der Waals surface area contributed by atoms with E-state index in [4.69, 9.17) is 4.74 Å². The Bertz CT molecular complexity index is 470. The molecule has 0 aliphatic heterocycles. The highest BCUT2D eigenvalue weighted by Crippen LogP contribution is 2.30. The van der Waals surface area contributed by atoms with Gasteiger partial charge in [0.2, 0.25) is 0 Å². The normalized spacial score (nSPS) is 11.8. The van der Waals surface area contributed by atoms with Gasteiger partial charge in [-0.25, -0.2) is 4.79 Å². The SMILES string of the molecule is CCOC(=O)c1cc(C(F)(F)F)ccc1CNC(C)C. The zero-order valence-corrected chi connectivity index (χ0v) is 11.7. The van der Waals surface area contributed by atoms with Crippen LogP contribution in [0.2, 0.25) is 0 Å². The first-order chi connectivity index (χ1) is 9.25. The maximum atomic E-state index is 12.7. The molecule has 0 bridgehead atoms. The predicted molar refractivity (Wildman–Crippen MR) is 69.4 cm³/mol. The van der Waals surface area contributed by atoms with Crippen LogP contribution in [0, 0.1) is 0 Å². The van der Waals surface area contributed by atoms with Crippen LogP contribution in [0.1, 0.15) is 42.3 Å². The Hall–Kier alpha value is -1.56. The van der Waals surface area contributed by atoms with Crippen LogP contribution in [0.15, 0.2) is 18.2 Å². The van der Waals surface area contributed by atoms with Crippen LogP contribution in [0.4, 0.5) is 13.2 Å². The molecule has 1 aromatic rings. The number of nitrogens with one attached hydrogen (secondary N) is 1. The molecule has 20 heavy (non-hydrogen) atoms. The Morgan fingerprint density at radius 1 is 1.35 bits per heavy atom. The van der Waals surface area contributed by atoms with E-state index in [9.17, 15) is 18.0 Å². The first-order valence-corrected chi connectivity index (χ1v) is 6.36. The summed E-state index contributed by atoms with van der Waals surface area (Å²) in [6.07, 6.45) is -4.48. The van der Waals surface area contributed by atoms with Crippen molar-refractivity contribution >= 4 is 5.97 Å². The van der Waals surface area contributed by atoms with Gasteiger partial charge >= 0.3 is 12.1 Å². The minimum absolute atomic E-state index is 0.0465. The Morgan fingerprint density at radius 3 is 2.50 bits per heavy atom. The molecule has 0 radical (unpaired) electrons. The molecular weight excluding hydrogens is 271 g/mol. The van der Waals surface area contributed by atoms with Crippen molar-refractivity contribution in [3.63, 3.8) is 0 Å². The third kappa shape index (κ3) is 4.52. The van der Waals surface area contributed by atoms with Crippen molar-refractivity contribution in [2.24, 2.45) is 0 Å². The summed E-state index contributed by atoms with van der Waals surface area (Å²) in [4.78, 5) is 11.8. The van der Waals surface area contributed by atoms with Crippen LogP contribution in [0.25, 0.3) is 0 Å². The summed E-state index contributed by atoms with van der Waals surface area (Å²) in [6, 6.07) is 3.28. The summed E-state index contributed by atoms with van der Waals surface area (Å²) in [6.45, 7) is 5.86. The average molecular weight is 289 g/mol. The second-order valence-corrected chi connectivity index (χ2v) is 4.63. The highest BCUT2D eigenvalue weighted by atomic mass is 19.4. The number of halogens is 3. The van der Waals surface area contributed by atoms with Crippen molar-refractivity contribution in [3.8, 4) is 0 Å². The van der Waals surface area contributed by atoms with E-state index in [1.54, 1.807) is 6.92 Å². The number of alkyl halides is 3. The van der Waals surface area contributed by atoms with Crippen molar-refractivity contribution in [3.05, 3.63) is 34.9 Å². The lowest BCUT2D eigenvalue weighted by Gasteiger charge is -2.14. The molecule has 0 fully saturated rings. The quantitative estimate of drug-likeness (QED) is 0.844. The molecule has 0 amide bonds. The van der Waals surface area contributed by atoms with Gasteiger partial charge in [0.15, 0.2) is 0 Å². The molecule has 0 atom stereocenters. The molecule has 1 aromatic carbocycles. The van der Waals surface area contributed by atoms with Crippen molar-refractivity contribution in [2.45, 2.75) is 39.5 Å². The molecule has 0 unspecified atom stereocenters. The molecule has 0 aromatic heterocycles. The van der Waals surface area contributed by atoms with Gasteiger partial charge in [0.1, 0.15) is 0 Å². The topological polar surface area (TPSA) is 38.3 Å². The minimum Gasteiger partial charge on any atom is -0.462 e. The third-order valence-corrected chi connectivity index (χ3v) is 2.63. The van der Waals surface area contributed by atoms with Crippen molar-refractivity contribution in [1.29, 1.82) is 0 Å². The van der Waals surface area contributed by atoms with E-state index < -0.39 is 17.7 Å². The fourth-order valence-electron chi connectivity index (χ4n) is 1.62. The molecule has 0 spiro atoms. The molecule has 112 valence electrons. The van der Waals surface area contributed by atoms with E-state index in [0.29, 0.717) is 12.1 Å². The van der Waals surface area contributed by atoms with Gasteiger partial charge in [0.25, 0.3) is 0 Å². The molecule has 0 saturated heterocycles. The Labute approximate surface area is 116 Å². The van der Waals surface area contributed by atoms with Gasteiger partial charge in [-0.15, -0.1) is 0 Å². The molecule has 1 rings (SSSR count). The highest BCUT2D eigenvalue weighted by Gasteiger charge is 2.31. The second-order valence-electron chi connectivity index (χ2n) is 4.63. The molecule has 0 aliphatic rings. The van der Waals surface area contributed by atoms with E-state index in [2.05, 4.69) is 5.32 Å². The summed E-state index contributed by atoms with van der Waals surface area (Å²) in [5, 5.41) is 3.07. The molecular formula is C14H18F3NO2. The Balaban J connectivity index is 3.13. The van der Waals surface area contributed by atoms with Crippen molar-refractivity contribution in [1.82, 2.24) is 5.32 Å². The Morgan fingerprint density at radius 2 is 2.00 bits per heavy atom. The summed E-state index contributed by atoms with van der Waals surface area (Å²) >= 11 is 0. The smallest absolute Gasteiger partial charge is 0.416 e. The zero-order valence-electron chi connectivity index (χ0n) is 11.7. The predicted octanol–water partition coefficient (Wildman–Crippen LogP) is 3.38. The van der Waals surface area contributed by atoms with Gasteiger partial charge in [-0.2, -0.15) is 13.2 Å². The number of carbonyl (C=O) groups excluding carboxylic acids is 1. The highest BCUT2D eigenvalue weighted by molar-refractivity contribution is 5.91. The van der Waals surface area contributed by atoms with Gasteiger partial charge in [-0.05, 0) is 24.6 Å². The first kappa shape index (κ1) is 16.5. The lowest BCUT2D eigenvalue weighted by Crippen LogP contribution is -2.24. The molecule has 1 N–H and O–H groups in total. The van der Waals surface area contributed by atoms with Crippen LogP contribution in [0.5, 0.6) is 0 Å². The van der Waals surface area contributed by atoms with Crippen LogP contribution in [0.3, 0.4) is 0 Å². The fraction of sp³-hybridized carbons (Fsp3) is 0.500. The largest absolute Gasteiger partial charge is 0.462 e.